The van der Waals surface area contributed by atoms with Gasteiger partial charge >= 0.3 is 0 Å². The van der Waals surface area contributed by atoms with E-state index in [4.69, 9.17) is 15.1 Å². The highest BCUT2D eigenvalue weighted by Crippen LogP contribution is 2.26. The first-order valence-corrected chi connectivity index (χ1v) is 5.82. The molecule has 1 unspecified atom stereocenters. The predicted octanol–water partition coefficient (Wildman–Crippen LogP) is 1.82. The molecule has 0 fully saturated rings. The number of rotatable bonds is 4. The van der Waals surface area contributed by atoms with Gasteiger partial charge in [0.1, 0.15) is 5.75 Å². The smallest absolute Gasteiger partial charge is 0.119 e. The summed E-state index contributed by atoms with van der Waals surface area (Å²) in [5.74, 6) is 0.945. The third-order valence-electron chi connectivity index (χ3n) is 2.99. The normalized spacial score (nSPS) is 18.1. The number of fused-ring (bicyclic) bond motifs is 1. The fraction of sp³-hybridized carbons (Fsp3) is 0.462. The van der Waals surface area contributed by atoms with Crippen molar-refractivity contribution < 1.29 is 15.1 Å². The van der Waals surface area contributed by atoms with Crippen LogP contribution in [0.1, 0.15) is 24.5 Å². The van der Waals surface area contributed by atoms with Crippen LogP contribution in [0, 0.1) is 5.92 Å². The molecule has 0 bridgehead atoms. The molecule has 4 nitrogen and oxygen atoms in total. The second-order valence-corrected chi connectivity index (χ2v) is 4.46. The number of aliphatic hydroxyl groups is 1. The number of hydrogen-bond donors (Lipinski definition) is 2. The maximum Gasteiger partial charge on any atom is 0.119 e. The van der Waals surface area contributed by atoms with Gasteiger partial charge in [0.15, 0.2) is 0 Å². The number of hydrogen-bond acceptors (Lipinski definition) is 4. The molecule has 1 aromatic rings. The minimum atomic E-state index is 0.131. The number of aliphatic hydroxyl groups excluding tert-OH is 1. The Morgan fingerprint density at radius 3 is 2.94 bits per heavy atom. The summed E-state index contributed by atoms with van der Waals surface area (Å²) in [5, 5.41) is 21.0. The molecular formula is C13H17NO3. The van der Waals surface area contributed by atoms with Gasteiger partial charge in [-0.15, -0.1) is 0 Å². The second-order valence-electron chi connectivity index (χ2n) is 4.46. The fourth-order valence-corrected chi connectivity index (χ4v) is 1.93. The van der Waals surface area contributed by atoms with Crippen LogP contribution in [0.25, 0.3) is 0 Å². The van der Waals surface area contributed by atoms with Crippen LogP contribution in [0.5, 0.6) is 5.75 Å². The summed E-state index contributed by atoms with van der Waals surface area (Å²) in [7, 11) is 0. The van der Waals surface area contributed by atoms with Crippen molar-refractivity contribution in [3.63, 3.8) is 0 Å². The maximum atomic E-state index is 8.91. The molecule has 0 radical (unpaired) electrons. The van der Waals surface area contributed by atoms with Crippen molar-refractivity contribution in [1.82, 2.24) is 0 Å². The van der Waals surface area contributed by atoms with Crippen LogP contribution >= 0.6 is 0 Å². The molecule has 4 heteroatoms. The van der Waals surface area contributed by atoms with E-state index in [1.165, 1.54) is 0 Å². The van der Waals surface area contributed by atoms with E-state index in [1.807, 2.05) is 25.1 Å². The van der Waals surface area contributed by atoms with Crippen LogP contribution in [-0.2, 0) is 6.42 Å². The Bertz CT molecular complexity index is 429. The number of nitrogens with zero attached hydrogens (tertiary/aromatic N) is 1. The van der Waals surface area contributed by atoms with Crippen molar-refractivity contribution in [3.05, 3.63) is 29.3 Å². The average Bonchev–Trinajstić information content (AvgIpc) is 2.78. The molecule has 92 valence electrons. The van der Waals surface area contributed by atoms with E-state index in [2.05, 4.69) is 5.16 Å². The Labute approximate surface area is 101 Å². The van der Waals surface area contributed by atoms with E-state index in [-0.39, 0.29) is 12.5 Å². The molecule has 0 saturated heterocycles. The van der Waals surface area contributed by atoms with Crippen molar-refractivity contribution in [1.29, 1.82) is 0 Å². The van der Waals surface area contributed by atoms with Gasteiger partial charge in [0.25, 0.3) is 0 Å². The van der Waals surface area contributed by atoms with Crippen LogP contribution in [0.3, 0.4) is 0 Å². The SMILES string of the molecule is CC(CO)COc1ccc2c(c1)CC/C2=N\O. The zero-order valence-corrected chi connectivity index (χ0v) is 9.89. The van der Waals surface area contributed by atoms with Gasteiger partial charge in [0.2, 0.25) is 0 Å². The minimum absolute atomic E-state index is 0.131. The quantitative estimate of drug-likeness (QED) is 0.618. The number of benzene rings is 1. The number of aryl methyl sites for hydroxylation is 1. The lowest BCUT2D eigenvalue weighted by Crippen LogP contribution is -2.12. The molecule has 0 amide bonds. The van der Waals surface area contributed by atoms with Crippen molar-refractivity contribution in [2.45, 2.75) is 19.8 Å². The average molecular weight is 235 g/mol. The molecular weight excluding hydrogens is 218 g/mol. The first kappa shape index (κ1) is 11.9. The van der Waals surface area contributed by atoms with Crippen molar-refractivity contribution in [2.75, 3.05) is 13.2 Å². The summed E-state index contributed by atoms with van der Waals surface area (Å²) >= 11 is 0. The molecule has 1 aliphatic carbocycles. The van der Waals surface area contributed by atoms with E-state index >= 15 is 0 Å². The molecule has 0 aliphatic heterocycles. The standard InChI is InChI=1S/C13H17NO3/c1-9(7-15)8-17-11-3-4-12-10(6-11)2-5-13(12)14-16/h3-4,6,9,15-16H,2,5,7-8H2,1H3/b14-13+. The Morgan fingerprint density at radius 2 is 2.24 bits per heavy atom. The Balaban J connectivity index is 2.08. The lowest BCUT2D eigenvalue weighted by Gasteiger charge is -2.11. The molecule has 1 atom stereocenters. The predicted molar refractivity (Wildman–Crippen MR) is 64.8 cm³/mol. The van der Waals surface area contributed by atoms with E-state index in [0.29, 0.717) is 6.61 Å². The molecule has 0 saturated carbocycles. The first-order valence-electron chi connectivity index (χ1n) is 5.82. The van der Waals surface area contributed by atoms with E-state index in [1.54, 1.807) is 0 Å². The van der Waals surface area contributed by atoms with Gasteiger partial charge in [-0.1, -0.05) is 12.1 Å². The van der Waals surface area contributed by atoms with Gasteiger partial charge in [-0.3, -0.25) is 0 Å². The van der Waals surface area contributed by atoms with Crippen LogP contribution in [0.4, 0.5) is 0 Å². The topological polar surface area (TPSA) is 62.0 Å². The van der Waals surface area contributed by atoms with Gasteiger partial charge in [-0.05, 0) is 36.6 Å². The highest BCUT2D eigenvalue weighted by molar-refractivity contribution is 6.04. The lowest BCUT2D eigenvalue weighted by molar-refractivity contribution is 0.174. The Kier molecular flexibility index (Phi) is 3.64. The van der Waals surface area contributed by atoms with E-state index in [9.17, 15) is 0 Å². The van der Waals surface area contributed by atoms with Gasteiger partial charge in [0.05, 0.1) is 12.3 Å². The van der Waals surface area contributed by atoms with Crippen molar-refractivity contribution >= 4 is 5.71 Å². The summed E-state index contributed by atoms with van der Waals surface area (Å²) < 4.78 is 5.59. The largest absolute Gasteiger partial charge is 0.493 e. The van der Waals surface area contributed by atoms with Crippen LogP contribution in [-0.4, -0.2) is 29.2 Å². The van der Waals surface area contributed by atoms with Gasteiger partial charge in [-0.25, -0.2) is 0 Å². The highest BCUT2D eigenvalue weighted by Gasteiger charge is 2.18. The molecule has 0 aromatic heterocycles. The second kappa shape index (κ2) is 5.19. The molecule has 0 heterocycles. The monoisotopic (exact) mass is 235 g/mol. The molecule has 1 aromatic carbocycles. The summed E-state index contributed by atoms with van der Waals surface area (Å²) in [5.41, 5.74) is 2.91. The summed E-state index contributed by atoms with van der Waals surface area (Å²) in [4.78, 5) is 0. The third-order valence-corrected chi connectivity index (χ3v) is 2.99. The number of oxime groups is 1. The highest BCUT2D eigenvalue weighted by atomic mass is 16.5. The van der Waals surface area contributed by atoms with Gasteiger partial charge in [-0.2, -0.15) is 0 Å². The third kappa shape index (κ3) is 2.58. The summed E-state index contributed by atoms with van der Waals surface area (Å²) in [6, 6.07) is 5.79. The first-order chi connectivity index (χ1) is 8.24. The summed E-state index contributed by atoms with van der Waals surface area (Å²) in [6.07, 6.45) is 1.67. The van der Waals surface area contributed by atoms with Crippen LogP contribution in [0.2, 0.25) is 0 Å². The van der Waals surface area contributed by atoms with Crippen LogP contribution in [0.15, 0.2) is 23.4 Å². The molecule has 1 aliphatic rings. The maximum absolute atomic E-state index is 8.91. The zero-order chi connectivity index (χ0) is 12.3. The van der Waals surface area contributed by atoms with Gasteiger partial charge < -0.3 is 15.1 Å². The Hall–Kier alpha value is -1.55. The van der Waals surface area contributed by atoms with Crippen molar-refractivity contribution in [2.24, 2.45) is 11.1 Å². The minimum Gasteiger partial charge on any atom is -0.493 e. The zero-order valence-electron chi connectivity index (χ0n) is 9.89. The lowest BCUT2D eigenvalue weighted by atomic mass is 10.1. The fourth-order valence-electron chi connectivity index (χ4n) is 1.93. The molecule has 2 N–H and O–H groups in total. The van der Waals surface area contributed by atoms with Crippen molar-refractivity contribution in [3.8, 4) is 5.75 Å². The number of ether oxygens (including phenoxy) is 1. The Morgan fingerprint density at radius 1 is 1.41 bits per heavy atom. The van der Waals surface area contributed by atoms with Gasteiger partial charge in [0, 0.05) is 18.1 Å². The van der Waals surface area contributed by atoms with E-state index < -0.39 is 0 Å². The molecule has 0 spiro atoms. The van der Waals surface area contributed by atoms with E-state index in [0.717, 1.165) is 35.4 Å². The van der Waals surface area contributed by atoms with Crippen LogP contribution < -0.4 is 4.74 Å². The molecule has 2 rings (SSSR count). The summed E-state index contributed by atoms with van der Waals surface area (Å²) in [6.45, 7) is 2.58. The molecule has 17 heavy (non-hydrogen) atoms.